The number of ether oxygens (including phenoxy) is 1. The van der Waals surface area contributed by atoms with Gasteiger partial charge in [0.2, 0.25) is 0 Å². The van der Waals surface area contributed by atoms with Crippen molar-refractivity contribution in [2.24, 2.45) is 5.92 Å². The summed E-state index contributed by atoms with van der Waals surface area (Å²) >= 11 is 0. The fraction of sp³-hybridized carbons (Fsp3) is 0.519. The molecular weight excluding hydrogens is 426 g/mol. The number of hydrogen-bond acceptors (Lipinski definition) is 6. The summed E-state index contributed by atoms with van der Waals surface area (Å²) in [6.07, 6.45) is 9.32. The molecule has 3 atom stereocenters. The van der Waals surface area contributed by atoms with Gasteiger partial charge >= 0.3 is 0 Å². The summed E-state index contributed by atoms with van der Waals surface area (Å²) in [5.41, 5.74) is 4.64. The third-order valence-electron chi connectivity index (χ3n) is 9.03. The number of hydrogen-bond donors (Lipinski definition) is 1. The summed E-state index contributed by atoms with van der Waals surface area (Å²) < 4.78 is 7.56. The van der Waals surface area contributed by atoms with Crippen molar-refractivity contribution in [2.75, 3.05) is 20.2 Å². The van der Waals surface area contributed by atoms with Crippen molar-refractivity contribution in [3.05, 3.63) is 64.7 Å². The van der Waals surface area contributed by atoms with E-state index in [0.29, 0.717) is 12.4 Å². The van der Waals surface area contributed by atoms with Gasteiger partial charge in [-0.2, -0.15) is 5.10 Å². The zero-order valence-corrected chi connectivity index (χ0v) is 19.9. The maximum absolute atomic E-state index is 12.8. The molecule has 2 aromatic heterocycles. The molecule has 1 saturated carbocycles. The van der Waals surface area contributed by atoms with Crippen LogP contribution in [-0.4, -0.2) is 61.6 Å². The van der Waals surface area contributed by atoms with Crippen LogP contribution in [0.4, 0.5) is 0 Å². The number of benzene rings is 1. The van der Waals surface area contributed by atoms with Crippen LogP contribution in [0.5, 0.6) is 5.75 Å². The molecule has 34 heavy (non-hydrogen) atoms. The molecule has 7 nitrogen and oxygen atoms in total. The molecule has 3 aromatic rings. The molecular formula is C27H31N5O2. The molecule has 1 unspecified atom stereocenters. The lowest BCUT2D eigenvalue weighted by atomic mass is 9.49. The Labute approximate surface area is 199 Å². The molecule has 2 bridgehead atoms. The Balaban J connectivity index is 1.43. The smallest absolute Gasteiger partial charge is 0.250 e. The van der Waals surface area contributed by atoms with Crippen LogP contribution >= 0.6 is 0 Å². The Bertz CT molecular complexity index is 1270. The van der Waals surface area contributed by atoms with E-state index < -0.39 is 5.60 Å². The number of aromatic nitrogens is 4. The molecule has 7 rings (SSSR count). The number of aliphatic hydroxyl groups is 1. The lowest BCUT2D eigenvalue weighted by Crippen LogP contribution is -2.74. The zero-order chi connectivity index (χ0) is 23.1. The largest absolute Gasteiger partial charge is 0.497 e. The van der Waals surface area contributed by atoms with E-state index in [1.54, 1.807) is 19.5 Å². The quantitative estimate of drug-likeness (QED) is 0.649. The summed E-state index contributed by atoms with van der Waals surface area (Å²) in [6, 6.07) is 8.42. The lowest BCUT2D eigenvalue weighted by Gasteiger charge is -2.63. The number of rotatable bonds is 4. The van der Waals surface area contributed by atoms with Crippen molar-refractivity contribution in [1.82, 2.24) is 24.6 Å². The highest BCUT2D eigenvalue weighted by Crippen LogP contribution is 2.58. The average molecular weight is 458 g/mol. The third kappa shape index (κ3) is 2.74. The van der Waals surface area contributed by atoms with Crippen LogP contribution in [-0.2, 0) is 24.7 Å². The first-order valence-corrected chi connectivity index (χ1v) is 12.5. The molecule has 2 fully saturated rings. The van der Waals surface area contributed by atoms with Gasteiger partial charge in [-0.1, -0.05) is 6.07 Å². The van der Waals surface area contributed by atoms with Crippen molar-refractivity contribution in [1.29, 1.82) is 0 Å². The average Bonchev–Trinajstić information content (AvgIpc) is 3.62. The fourth-order valence-corrected chi connectivity index (χ4v) is 7.12. The SMILES string of the molecule is COc1ccc2c(c1)[C@@]13CCN(CC4CC4)C(C2)[C@@]1(O)Cc1c(C)nn(-c2ncccn2)c1C3. The number of nitrogens with zero attached hydrogens (tertiary/aromatic N) is 5. The zero-order valence-electron chi connectivity index (χ0n) is 19.9. The number of aryl methyl sites for hydroxylation is 1. The first-order valence-electron chi connectivity index (χ1n) is 12.5. The van der Waals surface area contributed by atoms with Gasteiger partial charge in [-0.05, 0) is 80.0 Å². The van der Waals surface area contributed by atoms with Crippen LogP contribution in [0.3, 0.4) is 0 Å². The number of piperidine rings is 1. The van der Waals surface area contributed by atoms with E-state index in [1.807, 2.05) is 10.7 Å². The van der Waals surface area contributed by atoms with Crippen LogP contribution in [0.25, 0.3) is 5.95 Å². The first-order chi connectivity index (χ1) is 16.5. The minimum absolute atomic E-state index is 0.117. The summed E-state index contributed by atoms with van der Waals surface area (Å²) in [5.74, 6) is 2.25. The van der Waals surface area contributed by atoms with Gasteiger partial charge in [0.25, 0.3) is 5.95 Å². The second kappa shape index (κ2) is 7.12. The normalized spacial score (nSPS) is 29.8. The molecule has 0 radical (unpaired) electrons. The Morgan fingerprint density at radius 3 is 2.76 bits per heavy atom. The van der Waals surface area contributed by atoms with E-state index in [0.717, 1.165) is 61.0 Å². The maximum Gasteiger partial charge on any atom is 0.250 e. The van der Waals surface area contributed by atoms with Gasteiger partial charge in [-0.25, -0.2) is 14.6 Å². The monoisotopic (exact) mass is 457 g/mol. The van der Waals surface area contributed by atoms with Crippen molar-refractivity contribution in [3.8, 4) is 11.7 Å². The van der Waals surface area contributed by atoms with Crippen LogP contribution < -0.4 is 4.74 Å². The van der Waals surface area contributed by atoms with Crippen molar-refractivity contribution >= 4 is 0 Å². The van der Waals surface area contributed by atoms with Crippen LogP contribution in [0.1, 0.15) is 47.3 Å². The van der Waals surface area contributed by atoms with E-state index in [4.69, 9.17) is 9.84 Å². The van der Waals surface area contributed by atoms with E-state index in [1.165, 1.54) is 24.0 Å². The highest BCUT2D eigenvalue weighted by Gasteiger charge is 2.65. The fourth-order valence-electron chi connectivity index (χ4n) is 7.12. The molecule has 1 aliphatic heterocycles. The summed E-state index contributed by atoms with van der Waals surface area (Å²) in [4.78, 5) is 11.6. The third-order valence-corrected chi connectivity index (χ3v) is 9.03. The highest BCUT2D eigenvalue weighted by molar-refractivity contribution is 5.53. The van der Waals surface area contributed by atoms with Gasteiger partial charge in [0.1, 0.15) is 5.75 Å². The highest BCUT2D eigenvalue weighted by atomic mass is 16.5. The lowest BCUT2D eigenvalue weighted by molar-refractivity contribution is -0.152. The number of fused-ring (bicyclic) bond motifs is 2. The van der Waals surface area contributed by atoms with Crippen LogP contribution in [0.2, 0.25) is 0 Å². The molecule has 7 heteroatoms. The summed E-state index contributed by atoms with van der Waals surface area (Å²) in [5, 5.41) is 17.6. The van der Waals surface area contributed by atoms with Gasteiger partial charge in [0, 0.05) is 43.2 Å². The predicted octanol–water partition coefficient (Wildman–Crippen LogP) is 2.79. The van der Waals surface area contributed by atoms with Crippen LogP contribution in [0.15, 0.2) is 36.7 Å². The van der Waals surface area contributed by atoms with Gasteiger partial charge < -0.3 is 9.84 Å². The molecule has 4 aliphatic rings. The minimum atomic E-state index is -0.845. The summed E-state index contributed by atoms with van der Waals surface area (Å²) in [7, 11) is 1.72. The molecule has 1 aromatic carbocycles. The van der Waals surface area contributed by atoms with Crippen LogP contribution in [0, 0.1) is 12.8 Å². The van der Waals surface area contributed by atoms with Gasteiger partial charge in [0.05, 0.1) is 24.1 Å². The van der Waals surface area contributed by atoms with E-state index >= 15 is 0 Å². The standard InChI is InChI=1S/C27H31N5O2/c1-17-21-14-27(33)24-12-19-6-7-20(34-2)13-22(19)26(27,8-11-31(24)16-18-4-5-18)15-23(21)32(30-17)25-28-9-3-10-29-25/h3,6-7,9-10,13,18,24,33H,4-5,8,11-12,14-16H2,1-2H3/t24?,26-,27-/m0/s1. The van der Waals surface area contributed by atoms with E-state index in [-0.39, 0.29) is 11.5 Å². The molecule has 1 N–H and O–H groups in total. The van der Waals surface area contributed by atoms with Crippen molar-refractivity contribution in [2.45, 2.75) is 62.5 Å². The van der Waals surface area contributed by atoms with Crippen molar-refractivity contribution in [3.63, 3.8) is 0 Å². The molecule has 3 aliphatic carbocycles. The molecule has 3 heterocycles. The Kier molecular flexibility index (Phi) is 4.31. The summed E-state index contributed by atoms with van der Waals surface area (Å²) in [6.45, 7) is 4.18. The first kappa shape index (κ1) is 20.6. The van der Waals surface area contributed by atoms with E-state index in [2.05, 4.69) is 40.0 Å². The van der Waals surface area contributed by atoms with Crippen molar-refractivity contribution < 1.29 is 9.84 Å². The molecule has 0 amide bonds. The molecule has 1 saturated heterocycles. The molecule has 0 spiro atoms. The topological polar surface area (TPSA) is 76.3 Å². The Hall–Kier alpha value is -2.77. The number of methoxy groups -OCH3 is 1. The Morgan fingerprint density at radius 1 is 1.18 bits per heavy atom. The van der Waals surface area contributed by atoms with Gasteiger partial charge in [-0.3, -0.25) is 4.90 Å². The van der Waals surface area contributed by atoms with E-state index in [9.17, 15) is 5.11 Å². The molecule has 176 valence electrons. The minimum Gasteiger partial charge on any atom is -0.497 e. The predicted molar refractivity (Wildman–Crippen MR) is 127 cm³/mol. The van der Waals surface area contributed by atoms with Gasteiger partial charge in [0.15, 0.2) is 0 Å². The van der Waals surface area contributed by atoms with Gasteiger partial charge in [-0.15, -0.1) is 0 Å². The Morgan fingerprint density at radius 2 is 2.00 bits per heavy atom. The maximum atomic E-state index is 12.8. The second-order valence-electron chi connectivity index (χ2n) is 10.8. The second-order valence-corrected chi connectivity index (χ2v) is 10.8. The number of likely N-dealkylation sites (tertiary alicyclic amines) is 1.